The molecule has 0 saturated carbocycles. The number of likely N-dealkylation sites (tertiary alicyclic amines) is 1. The molecule has 0 radical (unpaired) electrons. The predicted molar refractivity (Wildman–Crippen MR) is 185 cm³/mol. The second-order valence-corrected chi connectivity index (χ2v) is 14.2. The number of likely N-dealkylation sites (N-methyl/N-ethyl adjacent to an activating group) is 1. The first-order valence-corrected chi connectivity index (χ1v) is 16.3. The van der Waals surface area contributed by atoms with E-state index in [4.69, 9.17) is 14.2 Å². The van der Waals surface area contributed by atoms with Gasteiger partial charge in [0.2, 0.25) is 0 Å². The molecule has 3 aromatic carbocycles. The standard InChI is InChI=1S/C39H49FN2O5/c1-26(41-37(44)47-39(5,6)7)32-15-11-16-33(36(32)40)30-22-27(18-19-31-14-12-20-42(31)8)21-28(23-30)25-45-34-17-10-9-13-29(34)24-35(43)46-38(2,3)4/h9-11,13,15-19,21-23,26,31H,12,14,20,24-25H2,1-8H3,(H,41,44)/t26?,31-/m1/s1. The summed E-state index contributed by atoms with van der Waals surface area (Å²) in [7, 11) is 2.12. The molecule has 1 fully saturated rings. The Kier molecular flexibility index (Phi) is 11.5. The summed E-state index contributed by atoms with van der Waals surface area (Å²) >= 11 is 0. The van der Waals surface area contributed by atoms with Crippen molar-refractivity contribution in [2.24, 2.45) is 0 Å². The number of esters is 1. The highest BCUT2D eigenvalue weighted by Crippen LogP contribution is 2.31. The third-order valence-electron chi connectivity index (χ3n) is 7.76. The number of rotatable bonds is 10. The molecular formula is C39H49FN2O5. The lowest BCUT2D eigenvalue weighted by atomic mass is 9.95. The molecule has 1 heterocycles. The molecule has 1 aliphatic rings. The van der Waals surface area contributed by atoms with Gasteiger partial charge < -0.3 is 19.5 Å². The Bertz CT molecular complexity index is 1590. The molecule has 2 atom stereocenters. The molecule has 1 amide bonds. The van der Waals surface area contributed by atoms with Crippen molar-refractivity contribution in [2.45, 2.75) is 97.6 Å². The fourth-order valence-electron chi connectivity index (χ4n) is 5.61. The minimum Gasteiger partial charge on any atom is -0.489 e. The molecule has 1 unspecified atom stereocenters. The van der Waals surface area contributed by atoms with Gasteiger partial charge in [-0.05, 0) is 116 Å². The Labute approximate surface area is 279 Å². The fraction of sp³-hybridized carbons (Fsp3) is 0.436. The number of benzene rings is 3. The largest absolute Gasteiger partial charge is 0.489 e. The van der Waals surface area contributed by atoms with Crippen molar-refractivity contribution in [1.29, 1.82) is 0 Å². The zero-order chi connectivity index (χ0) is 34.4. The number of nitrogens with zero attached hydrogens (tertiary/aromatic N) is 1. The minimum absolute atomic E-state index is 0.0872. The van der Waals surface area contributed by atoms with Crippen LogP contribution in [0.2, 0.25) is 0 Å². The van der Waals surface area contributed by atoms with Gasteiger partial charge in [0.25, 0.3) is 0 Å². The molecule has 4 rings (SSSR count). The average molecular weight is 645 g/mol. The van der Waals surface area contributed by atoms with Crippen molar-refractivity contribution >= 4 is 18.1 Å². The van der Waals surface area contributed by atoms with Crippen molar-refractivity contribution in [3.05, 3.63) is 94.8 Å². The zero-order valence-electron chi connectivity index (χ0n) is 29.0. The Morgan fingerprint density at radius 1 is 1.00 bits per heavy atom. The third-order valence-corrected chi connectivity index (χ3v) is 7.76. The van der Waals surface area contributed by atoms with E-state index in [1.807, 2.05) is 63.2 Å². The van der Waals surface area contributed by atoms with Gasteiger partial charge >= 0.3 is 12.1 Å². The Morgan fingerprint density at radius 3 is 2.40 bits per heavy atom. The van der Waals surface area contributed by atoms with Gasteiger partial charge in [-0.3, -0.25) is 9.69 Å². The molecule has 252 valence electrons. The van der Waals surface area contributed by atoms with Gasteiger partial charge in [-0.15, -0.1) is 0 Å². The summed E-state index contributed by atoms with van der Waals surface area (Å²) in [6, 6.07) is 18.3. The highest BCUT2D eigenvalue weighted by molar-refractivity contribution is 5.74. The summed E-state index contributed by atoms with van der Waals surface area (Å²) in [5, 5.41) is 2.75. The van der Waals surface area contributed by atoms with E-state index in [-0.39, 0.29) is 19.0 Å². The van der Waals surface area contributed by atoms with E-state index in [0.717, 1.165) is 36.1 Å². The van der Waals surface area contributed by atoms with E-state index in [0.29, 0.717) is 28.5 Å². The first kappa shape index (κ1) is 35.7. The second-order valence-electron chi connectivity index (χ2n) is 14.2. The monoisotopic (exact) mass is 644 g/mol. The fourth-order valence-corrected chi connectivity index (χ4v) is 5.61. The molecule has 3 aromatic rings. The zero-order valence-corrected chi connectivity index (χ0v) is 29.0. The van der Waals surface area contributed by atoms with Crippen LogP contribution in [0.1, 0.15) is 89.6 Å². The number of nitrogens with one attached hydrogen (secondary N) is 1. The van der Waals surface area contributed by atoms with Gasteiger partial charge in [-0.2, -0.15) is 0 Å². The smallest absolute Gasteiger partial charge is 0.408 e. The Balaban J connectivity index is 1.63. The summed E-state index contributed by atoms with van der Waals surface area (Å²) in [4.78, 5) is 27.3. The minimum atomic E-state index is -0.666. The van der Waals surface area contributed by atoms with Gasteiger partial charge in [0.05, 0.1) is 12.5 Å². The number of halogens is 1. The van der Waals surface area contributed by atoms with Gasteiger partial charge in [0.1, 0.15) is 29.4 Å². The van der Waals surface area contributed by atoms with Crippen LogP contribution in [0.25, 0.3) is 17.2 Å². The maximum Gasteiger partial charge on any atom is 0.408 e. The number of amides is 1. The van der Waals surface area contributed by atoms with Gasteiger partial charge in [0, 0.05) is 22.7 Å². The summed E-state index contributed by atoms with van der Waals surface area (Å²) in [6.07, 6.45) is 6.02. The molecule has 0 aliphatic carbocycles. The van der Waals surface area contributed by atoms with Crippen molar-refractivity contribution < 1.29 is 28.2 Å². The lowest BCUT2D eigenvalue weighted by Gasteiger charge is -2.22. The van der Waals surface area contributed by atoms with Gasteiger partial charge in [-0.25, -0.2) is 9.18 Å². The lowest BCUT2D eigenvalue weighted by molar-refractivity contribution is -0.153. The van der Waals surface area contributed by atoms with Crippen LogP contribution in [0.3, 0.4) is 0 Å². The number of para-hydroxylation sites is 1. The van der Waals surface area contributed by atoms with Crippen molar-refractivity contribution in [3.63, 3.8) is 0 Å². The van der Waals surface area contributed by atoms with E-state index in [1.54, 1.807) is 45.9 Å². The molecule has 1 aliphatic heterocycles. The first-order valence-electron chi connectivity index (χ1n) is 16.3. The van der Waals surface area contributed by atoms with Crippen LogP contribution >= 0.6 is 0 Å². The van der Waals surface area contributed by atoms with Crippen LogP contribution in [0.5, 0.6) is 5.75 Å². The summed E-state index contributed by atoms with van der Waals surface area (Å²) in [5.41, 5.74) is 2.72. The summed E-state index contributed by atoms with van der Waals surface area (Å²) in [5.74, 6) is -0.156. The number of carbonyl (C=O) groups excluding carboxylic acids is 2. The number of hydrogen-bond donors (Lipinski definition) is 1. The predicted octanol–water partition coefficient (Wildman–Crippen LogP) is 8.65. The lowest BCUT2D eigenvalue weighted by Crippen LogP contribution is -2.34. The second kappa shape index (κ2) is 15.2. The number of alkyl carbamates (subject to hydrolysis) is 1. The highest BCUT2D eigenvalue weighted by Gasteiger charge is 2.22. The van der Waals surface area contributed by atoms with Gasteiger partial charge in [-0.1, -0.05) is 48.6 Å². The number of ether oxygens (including phenoxy) is 3. The number of hydrogen-bond acceptors (Lipinski definition) is 6. The highest BCUT2D eigenvalue weighted by atomic mass is 19.1. The van der Waals surface area contributed by atoms with Crippen LogP contribution in [0, 0.1) is 5.82 Å². The van der Waals surface area contributed by atoms with E-state index in [9.17, 15) is 9.59 Å². The van der Waals surface area contributed by atoms with Crippen molar-refractivity contribution in [1.82, 2.24) is 10.2 Å². The van der Waals surface area contributed by atoms with E-state index >= 15 is 4.39 Å². The SMILES string of the molecule is CC(NC(=O)OC(C)(C)C)c1cccc(-c2cc(C=C[C@H]3CCCN3C)cc(COc3ccccc3CC(=O)OC(C)(C)C)c2)c1F. The molecule has 8 heteroatoms. The topological polar surface area (TPSA) is 77.1 Å². The van der Waals surface area contributed by atoms with E-state index < -0.39 is 29.2 Å². The Hall–Kier alpha value is -4.17. The van der Waals surface area contributed by atoms with Crippen molar-refractivity contribution in [3.8, 4) is 16.9 Å². The molecule has 0 bridgehead atoms. The maximum absolute atomic E-state index is 16.2. The van der Waals surface area contributed by atoms with Crippen LogP contribution < -0.4 is 10.1 Å². The van der Waals surface area contributed by atoms with Crippen LogP contribution in [0.4, 0.5) is 9.18 Å². The van der Waals surface area contributed by atoms with Crippen LogP contribution in [-0.4, -0.2) is 47.8 Å². The van der Waals surface area contributed by atoms with Gasteiger partial charge in [0.15, 0.2) is 0 Å². The van der Waals surface area contributed by atoms with E-state index in [2.05, 4.69) is 29.4 Å². The maximum atomic E-state index is 16.2. The van der Waals surface area contributed by atoms with Crippen LogP contribution in [-0.2, 0) is 27.3 Å². The summed E-state index contributed by atoms with van der Waals surface area (Å²) < 4.78 is 33.4. The number of carbonyl (C=O) groups is 2. The molecular weight excluding hydrogens is 595 g/mol. The molecule has 0 aromatic heterocycles. The normalized spacial score (nSPS) is 16.2. The Morgan fingerprint density at radius 2 is 1.72 bits per heavy atom. The molecule has 7 nitrogen and oxygen atoms in total. The third kappa shape index (κ3) is 10.7. The van der Waals surface area contributed by atoms with E-state index in [1.165, 1.54) is 0 Å². The molecule has 1 saturated heterocycles. The quantitative estimate of drug-likeness (QED) is 0.223. The van der Waals surface area contributed by atoms with Crippen molar-refractivity contribution in [2.75, 3.05) is 13.6 Å². The molecule has 47 heavy (non-hydrogen) atoms. The first-order chi connectivity index (χ1) is 22.1. The average Bonchev–Trinajstić information content (AvgIpc) is 3.38. The molecule has 1 N–H and O–H groups in total. The molecule has 0 spiro atoms. The summed E-state index contributed by atoms with van der Waals surface area (Å²) in [6.45, 7) is 13.9. The van der Waals surface area contributed by atoms with Crippen LogP contribution in [0.15, 0.2) is 66.7 Å².